The van der Waals surface area contributed by atoms with Crippen molar-refractivity contribution >= 4 is 23.2 Å². The fourth-order valence-corrected chi connectivity index (χ4v) is 3.38. The number of carbonyl (C=O) groups is 1. The first-order valence-corrected chi connectivity index (χ1v) is 8.94. The topological polar surface area (TPSA) is 53.2 Å². The number of allylic oxidation sites excluding steroid dienone is 1. The summed E-state index contributed by atoms with van der Waals surface area (Å²) in [7, 11) is 0. The van der Waals surface area contributed by atoms with Crippen molar-refractivity contribution < 1.29 is 18.0 Å². The van der Waals surface area contributed by atoms with Crippen molar-refractivity contribution in [3.05, 3.63) is 82.6 Å². The fraction of sp³-hybridized carbons (Fsp3) is 0.200. The van der Waals surface area contributed by atoms with Gasteiger partial charge in [-0.3, -0.25) is 4.79 Å². The van der Waals surface area contributed by atoms with Crippen molar-refractivity contribution in [2.75, 3.05) is 0 Å². The Labute approximate surface area is 165 Å². The highest BCUT2D eigenvalue weighted by molar-refractivity contribution is 7.80. The summed E-state index contributed by atoms with van der Waals surface area (Å²) in [4.78, 5) is 12.9. The highest BCUT2D eigenvalue weighted by atomic mass is 32.1. The lowest BCUT2D eigenvalue weighted by Gasteiger charge is -2.31. The molecule has 0 bridgehead atoms. The molecule has 1 atom stereocenters. The van der Waals surface area contributed by atoms with Crippen LogP contribution in [-0.2, 0) is 17.5 Å². The third-order valence-electron chi connectivity index (χ3n) is 4.39. The zero-order valence-electron chi connectivity index (χ0n) is 14.9. The van der Waals surface area contributed by atoms with Crippen molar-refractivity contribution in [3.8, 4) is 0 Å². The van der Waals surface area contributed by atoms with Crippen molar-refractivity contribution in [2.45, 2.75) is 25.7 Å². The van der Waals surface area contributed by atoms with Gasteiger partial charge in [0, 0.05) is 12.2 Å². The molecule has 0 fully saturated rings. The first-order chi connectivity index (χ1) is 13.3. The molecule has 0 unspecified atom stereocenters. The Hall–Kier alpha value is -2.87. The Bertz CT molecular complexity index is 926. The van der Waals surface area contributed by atoms with Gasteiger partial charge in [-0.15, -0.1) is 0 Å². The summed E-state index contributed by atoms with van der Waals surface area (Å²) in [5.74, 6) is -0.467. The number of rotatable bonds is 4. The first kappa shape index (κ1) is 19.9. The lowest BCUT2D eigenvalue weighted by atomic mass is 9.91. The number of amides is 1. The van der Waals surface area contributed by atoms with Crippen LogP contribution in [0.5, 0.6) is 0 Å². The summed E-state index contributed by atoms with van der Waals surface area (Å²) < 4.78 is 40.5. The molecule has 8 heteroatoms. The number of carbonyl (C=O) groups excluding carboxylic acids is 1. The maximum absolute atomic E-state index is 13.5. The van der Waals surface area contributed by atoms with Gasteiger partial charge in [-0.05, 0) is 36.3 Å². The van der Waals surface area contributed by atoms with Gasteiger partial charge in [-0.25, -0.2) is 0 Å². The van der Waals surface area contributed by atoms with Crippen LogP contribution >= 0.6 is 12.2 Å². The van der Waals surface area contributed by atoms with Crippen molar-refractivity contribution in [1.82, 2.24) is 16.0 Å². The molecule has 0 saturated heterocycles. The summed E-state index contributed by atoms with van der Waals surface area (Å²) in [6.07, 6.45) is -4.55. The molecule has 28 heavy (non-hydrogen) atoms. The van der Waals surface area contributed by atoms with E-state index < -0.39 is 23.7 Å². The largest absolute Gasteiger partial charge is 0.416 e. The number of benzene rings is 2. The number of hydrogen-bond donors (Lipinski definition) is 3. The van der Waals surface area contributed by atoms with Gasteiger partial charge in [0.25, 0.3) is 5.91 Å². The SMILES string of the molecule is CC1=C(C(=O)NCc2ccccc2)[C@@H](c2ccccc2C(F)(F)F)NC(=S)N1. The van der Waals surface area contributed by atoms with E-state index in [2.05, 4.69) is 16.0 Å². The lowest BCUT2D eigenvalue weighted by molar-refractivity contribution is -0.138. The summed E-state index contributed by atoms with van der Waals surface area (Å²) in [6.45, 7) is 1.88. The molecule has 1 amide bonds. The third-order valence-corrected chi connectivity index (χ3v) is 4.61. The van der Waals surface area contributed by atoms with Gasteiger partial charge in [-0.2, -0.15) is 13.2 Å². The van der Waals surface area contributed by atoms with Gasteiger partial charge in [0.2, 0.25) is 0 Å². The molecule has 2 aromatic carbocycles. The minimum absolute atomic E-state index is 0.0527. The van der Waals surface area contributed by atoms with Gasteiger partial charge in [-0.1, -0.05) is 48.5 Å². The molecule has 0 saturated carbocycles. The molecular formula is C20H18F3N3OS. The highest BCUT2D eigenvalue weighted by Crippen LogP contribution is 2.37. The van der Waals surface area contributed by atoms with E-state index in [1.165, 1.54) is 18.2 Å². The molecule has 0 radical (unpaired) electrons. The minimum Gasteiger partial charge on any atom is -0.351 e. The predicted molar refractivity (Wildman–Crippen MR) is 104 cm³/mol. The average molecular weight is 405 g/mol. The van der Waals surface area contributed by atoms with E-state index in [1.54, 1.807) is 6.92 Å². The van der Waals surface area contributed by atoms with Crippen LogP contribution in [-0.4, -0.2) is 11.0 Å². The van der Waals surface area contributed by atoms with Crippen LogP contribution in [0.25, 0.3) is 0 Å². The van der Waals surface area contributed by atoms with Crippen LogP contribution in [0.2, 0.25) is 0 Å². The summed E-state index contributed by atoms with van der Waals surface area (Å²) in [5, 5.41) is 8.57. The van der Waals surface area contributed by atoms with Gasteiger partial charge in [0.05, 0.1) is 17.2 Å². The van der Waals surface area contributed by atoms with Crippen LogP contribution in [0.1, 0.15) is 29.7 Å². The van der Waals surface area contributed by atoms with Crippen molar-refractivity contribution in [2.24, 2.45) is 0 Å². The maximum Gasteiger partial charge on any atom is 0.416 e. The van der Waals surface area contributed by atoms with Gasteiger partial charge in [0.15, 0.2) is 5.11 Å². The molecule has 1 heterocycles. The van der Waals surface area contributed by atoms with Crippen molar-refractivity contribution in [1.29, 1.82) is 0 Å². The summed E-state index contributed by atoms with van der Waals surface area (Å²) in [5.41, 5.74) is 0.604. The smallest absolute Gasteiger partial charge is 0.351 e. The minimum atomic E-state index is -4.55. The number of thiocarbonyl (C=S) groups is 1. The maximum atomic E-state index is 13.5. The van der Waals surface area contributed by atoms with Crippen molar-refractivity contribution in [3.63, 3.8) is 0 Å². The number of nitrogens with one attached hydrogen (secondary N) is 3. The molecule has 1 aliphatic heterocycles. The molecule has 0 spiro atoms. The average Bonchev–Trinajstić information content (AvgIpc) is 2.65. The molecule has 3 N–H and O–H groups in total. The molecule has 2 aromatic rings. The first-order valence-electron chi connectivity index (χ1n) is 8.54. The van der Waals surface area contributed by atoms with E-state index in [-0.39, 0.29) is 22.8 Å². The monoisotopic (exact) mass is 405 g/mol. The fourth-order valence-electron chi connectivity index (χ4n) is 3.11. The lowest BCUT2D eigenvalue weighted by Crippen LogP contribution is -2.47. The second kappa shape index (κ2) is 8.02. The standard InChI is InChI=1S/C20H18F3N3OS/c1-12-16(18(27)24-11-13-7-3-2-4-8-13)17(26-19(28)25-12)14-9-5-6-10-15(14)20(21,22)23/h2-10,17H,11H2,1H3,(H,24,27)(H2,25,26,28)/t17-/m1/s1. The third kappa shape index (κ3) is 4.33. The zero-order chi connectivity index (χ0) is 20.3. The summed E-state index contributed by atoms with van der Waals surface area (Å²) in [6, 6.07) is 13.4. The van der Waals surface area contributed by atoms with Gasteiger partial charge < -0.3 is 16.0 Å². The van der Waals surface area contributed by atoms with Crippen LogP contribution in [0.15, 0.2) is 65.9 Å². The quantitative estimate of drug-likeness (QED) is 0.677. The Morgan fingerprint density at radius 1 is 1.11 bits per heavy atom. The van der Waals surface area contributed by atoms with E-state index in [9.17, 15) is 18.0 Å². The molecule has 0 aromatic heterocycles. The van der Waals surface area contributed by atoms with Gasteiger partial charge in [0.1, 0.15) is 0 Å². The number of halogens is 3. The van der Waals surface area contributed by atoms with Crippen LogP contribution in [0, 0.1) is 0 Å². The van der Waals surface area contributed by atoms with Crippen LogP contribution < -0.4 is 16.0 Å². The van der Waals surface area contributed by atoms with Crippen LogP contribution in [0.3, 0.4) is 0 Å². The Kier molecular flexibility index (Phi) is 5.69. The van der Waals surface area contributed by atoms with E-state index in [0.29, 0.717) is 5.70 Å². The Balaban J connectivity index is 1.95. The normalized spacial score (nSPS) is 17.0. The highest BCUT2D eigenvalue weighted by Gasteiger charge is 2.38. The van der Waals surface area contributed by atoms with E-state index in [1.807, 2.05) is 30.3 Å². The summed E-state index contributed by atoms with van der Waals surface area (Å²) >= 11 is 5.11. The molecule has 4 nitrogen and oxygen atoms in total. The Morgan fingerprint density at radius 2 is 1.75 bits per heavy atom. The Morgan fingerprint density at radius 3 is 2.43 bits per heavy atom. The molecule has 1 aliphatic rings. The second-order valence-corrected chi connectivity index (χ2v) is 6.73. The molecule has 146 valence electrons. The predicted octanol–water partition coefficient (Wildman–Crippen LogP) is 3.81. The zero-order valence-corrected chi connectivity index (χ0v) is 15.7. The molecule has 0 aliphatic carbocycles. The number of hydrogen-bond acceptors (Lipinski definition) is 2. The van der Waals surface area contributed by atoms with E-state index >= 15 is 0 Å². The van der Waals surface area contributed by atoms with Gasteiger partial charge >= 0.3 is 6.18 Å². The molecule has 3 rings (SSSR count). The molecular weight excluding hydrogens is 387 g/mol. The number of alkyl halides is 3. The van der Waals surface area contributed by atoms with E-state index in [4.69, 9.17) is 12.2 Å². The van der Waals surface area contributed by atoms with Crippen LogP contribution in [0.4, 0.5) is 13.2 Å². The van der Waals surface area contributed by atoms with E-state index in [0.717, 1.165) is 11.6 Å². The second-order valence-electron chi connectivity index (χ2n) is 6.32.